The molecule has 27 heavy (non-hydrogen) atoms. The lowest BCUT2D eigenvalue weighted by atomic mass is 10.2. The van der Waals surface area contributed by atoms with Crippen molar-refractivity contribution in [1.29, 1.82) is 0 Å². The van der Waals surface area contributed by atoms with Gasteiger partial charge < -0.3 is 10.6 Å². The van der Waals surface area contributed by atoms with Gasteiger partial charge in [-0.25, -0.2) is 4.98 Å². The van der Waals surface area contributed by atoms with Crippen molar-refractivity contribution in [2.75, 3.05) is 16.9 Å². The first-order valence-electron chi connectivity index (χ1n) is 8.05. The third kappa shape index (κ3) is 4.32. The molecule has 0 aliphatic rings. The lowest BCUT2D eigenvalue weighted by Crippen LogP contribution is -2.17. The van der Waals surface area contributed by atoms with E-state index in [0.29, 0.717) is 27.2 Å². The van der Waals surface area contributed by atoms with Crippen molar-refractivity contribution in [3.63, 3.8) is 0 Å². The summed E-state index contributed by atoms with van der Waals surface area (Å²) >= 11 is 7.69. The fourth-order valence-electron chi connectivity index (χ4n) is 2.55. The van der Waals surface area contributed by atoms with E-state index >= 15 is 0 Å². The molecule has 0 radical (unpaired) electrons. The van der Waals surface area contributed by atoms with Gasteiger partial charge in [-0.3, -0.25) is 14.2 Å². The second-order valence-corrected chi connectivity index (χ2v) is 6.81. The van der Waals surface area contributed by atoms with Crippen LogP contribution in [0.3, 0.4) is 0 Å². The van der Waals surface area contributed by atoms with Crippen molar-refractivity contribution in [2.24, 2.45) is 0 Å². The number of thioether (sulfide) groups is 1. The Labute approximate surface area is 165 Å². The van der Waals surface area contributed by atoms with Gasteiger partial charge in [0.15, 0.2) is 5.16 Å². The normalized spacial score (nSPS) is 10.5. The largest absolute Gasteiger partial charge is 0.326 e. The number of rotatable bonds is 5. The zero-order chi connectivity index (χ0) is 19.4. The molecule has 1 aromatic heterocycles. The van der Waals surface area contributed by atoms with E-state index in [0.717, 1.165) is 5.69 Å². The van der Waals surface area contributed by atoms with Crippen LogP contribution in [0.1, 0.15) is 17.4 Å². The summed E-state index contributed by atoms with van der Waals surface area (Å²) in [5.74, 6) is -0.528. The first-order chi connectivity index (χ1) is 13.0. The summed E-state index contributed by atoms with van der Waals surface area (Å²) in [6.07, 6.45) is 3.44. The van der Waals surface area contributed by atoms with Gasteiger partial charge in [0.05, 0.1) is 16.9 Å². The zero-order valence-corrected chi connectivity index (χ0v) is 16.3. The van der Waals surface area contributed by atoms with Crippen LogP contribution >= 0.6 is 23.4 Å². The average Bonchev–Trinajstić information content (AvgIpc) is 3.08. The van der Waals surface area contributed by atoms with Gasteiger partial charge in [-0.05, 0) is 36.6 Å². The summed E-state index contributed by atoms with van der Waals surface area (Å²) in [7, 11) is 0. The molecule has 0 unspecified atom stereocenters. The lowest BCUT2D eigenvalue weighted by Gasteiger charge is -2.12. The Bertz CT molecular complexity index is 989. The van der Waals surface area contributed by atoms with Crippen LogP contribution in [0.5, 0.6) is 0 Å². The Morgan fingerprint density at radius 3 is 2.48 bits per heavy atom. The van der Waals surface area contributed by atoms with Crippen LogP contribution in [-0.2, 0) is 4.79 Å². The number of carbonyl (C=O) groups excluding carboxylic acids is 2. The van der Waals surface area contributed by atoms with Crippen molar-refractivity contribution >= 4 is 46.6 Å². The van der Waals surface area contributed by atoms with E-state index < -0.39 is 0 Å². The minimum atomic E-state index is -0.333. The monoisotopic (exact) mass is 400 g/mol. The highest BCUT2D eigenvalue weighted by Crippen LogP contribution is 2.27. The summed E-state index contributed by atoms with van der Waals surface area (Å²) in [5.41, 5.74) is 2.25. The summed E-state index contributed by atoms with van der Waals surface area (Å²) in [4.78, 5) is 28.3. The van der Waals surface area contributed by atoms with E-state index in [2.05, 4.69) is 15.6 Å². The molecule has 0 aliphatic heterocycles. The molecule has 0 bridgehead atoms. The molecule has 0 fully saturated rings. The summed E-state index contributed by atoms with van der Waals surface area (Å²) < 4.78 is 1.79. The highest BCUT2D eigenvalue weighted by Gasteiger charge is 2.18. The topological polar surface area (TPSA) is 76.0 Å². The van der Waals surface area contributed by atoms with Crippen LogP contribution in [0.4, 0.5) is 11.4 Å². The molecule has 2 amide bonds. The molecular weight excluding hydrogens is 384 g/mol. The predicted octanol–water partition coefficient (Wildman–Crippen LogP) is 4.46. The zero-order valence-electron chi connectivity index (χ0n) is 14.7. The van der Waals surface area contributed by atoms with Gasteiger partial charge in [0.2, 0.25) is 5.91 Å². The maximum atomic E-state index is 12.8. The lowest BCUT2D eigenvalue weighted by molar-refractivity contribution is -0.114. The van der Waals surface area contributed by atoms with Crippen molar-refractivity contribution < 1.29 is 9.59 Å². The number of hydrogen-bond donors (Lipinski definition) is 2. The molecule has 1 heterocycles. The first-order valence-corrected chi connectivity index (χ1v) is 9.65. The van der Waals surface area contributed by atoms with Crippen molar-refractivity contribution in [1.82, 2.24) is 9.55 Å². The number of imidazole rings is 1. The quantitative estimate of drug-likeness (QED) is 0.620. The van der Waals surface area contributed by atoms with Gasteiger partial charge in [0.25, 0.3) is 5.91 Å². The number of nitrogens with one attached hydrogen (secondary N) is 2. The van der Waals surface area contributed by atoms with Crippen LogP contribution in [0, 0.1) is 0 Å². The Kier molecular flexibility index (Phi) is 5.83. The second kappa shape index (κ2) is 8.28. The predicted molar refractivity (Wildman–Crippen MR) is 109 cm³/mol. The Balaban J connectivity index is 1.89. The number of halogens is 1. The van der Waals surface area contributed by atoms with Crippen molar-refractivity contribution in [3.8, 4) is 5.69 Å². The Morgan fingerprint density at radius 2 is 1.85 bits per heavy atom. The number of carbonyl (C=O) groups is 2. The van der Waals surface area contributed by atoms with E-state index in [9.17, 15) is 9.59 Å². The smallest absolute Gasteiger partial charge is 0.274 e. The molecule has 0 spiro atoms. The number of para-hydroxylation sites is 1. The minimum absolute atomic E-state index is 0.195. The Morgan fingerprint density at radius 1 is 1.11 bits per heavy atom. The molecule has 2 aromatic carbocycles. The van der Waals surface area contributed by atoms with Gasteiger partial charge in [0.1, 0.15) is 5.69 Å². The molecule has 3 aromatic rings. The SMILES string of the molecule is CSc1ncc(C(=O)Nc2ccc(NC(C)=O)cc2Cl)n1-c1ccccc1. The number of aromatic nitrogens is 2. The van der Waals surface area contributed by atoms with E-state index in [1.54, 1.807) is 22.8 Å². The van der Waals surface area contributed by atoms with Gasteiger partial charge in [0, 0.05) is 18.3 Å². The van der Waals surface area contributed by atoms with E-state index in [-0.39, 0.29) is 11.8 Å². The second-order valence-electron chi connectivity index (χ2n) is 5.63. The third-order valence-corrected chi connectivity index (χ3v) is 4.66. The summed E-state index contributed by atoms with van der Waals surface area (Å²) in [5, 5.41) is 6.48. The molecule has 0 saturated heterocycles. The molecule has 3 rings (SSSR count). The van der Waals surface area contributed by atoms with Gasteiger partial charge in [-0.15, -0.1) is 0 Å². The standard InChI is InChI=1S/C19H17ClN4O2S/c1-12(25)22-13-8-9-16(15(20)10-13)23-18(26)17-11-21-19(27-2)24(17)14-6-4-3-5-7-14/h3-11H,1-2H3,(H,22,25)(H,23,26). The van der Waals surface area contributed by atoms with Crippen molar-refractivity contribution in [2.45, 2.75) is 12.1 Å². The van der Waals surface area contributed by atoms with Gasteiger partial charge in [-0.2, -0.15) is 0 Å². The summed E-state index contributed by atoms with van der Waals surface area (Å²) in [6.45, 7) is 1.41. The molecular formula is C19H17ClN4O2S. The molecule has 2 N–H and O–H groups in total. The molecule has 0 atom stereocenters. The molecule has 8 heteroatoms. The Hall–Kier alpha value is -2.77. The number of anilines is 2. The maximum absolute atomic E-state index is 12.8. The maximum Gasteiger partial charge on any atom is 0.274 e. The number of nitrogens with zero attached hydrogens (tertiary/aromatic N) is 2. The molecule has 138 valence electrons. The molecule has 0 aliphatic carbocycles. The van der Waals surface area contributed by atoms with Gasteiger partial charge >= 0.3 is 0 Å². The van der Waals surface area contributed by atoms with Crippen LogP contribution in [0.25, 0.3) is 5.69 Å². The van der Waals surface area contributed by atoms with E-state index in [4.69, 9.17) is 11.6 Å². The average molecular weight is 401 g/mol. The van der Waals surface area contributed by atoms with Crippen LogP contribution in [-0.4, -0.2) is 27.6 Å². The fraction of sp³-hybridized carbons (Fsp3) is 0.105. The van der Waals surface area contributed by atoms with Crippen LogP contribution in [0.2, 0.25) is 5.02 Å². The molecule has 6 nitrogen and oxygen atoms in total. The van der Waals surface area contributed by atoms with Gasteiger partial charge in [-0.1, -0.05) is 41.6 Å². The summed E-state index contributed by atoms with van der Waals surface area (Å²) in [6, 6.07) is 14.4. The number of hydrogen-bond acceptors (Lipinski definition) is 4. The molecule has 0 saturated carbocycles. The minimum Gasteiger partial charge on any atom is -0.326 e. The number of benzene rings is 2. The third-order valence-electron chi connectivity index (χ3n) is 3.70. The highest BCUT2D eigenvalue weighted by atomic mass is 35.5. The van der Waals surface area contributed by atoms with Crippen molar-refractivity contribution in [3.05, 3.63) is 65.4 Å². The first kappa shape index (κ1) is 19.0. The van der Waals surface area contributed by atoms with Crippen LogP contribution in [0.15, 0.2) is 59.9 Å². The highest BCUT2D eigenvalue weighted by molar-refractivity contribution is 7.98. The van der Waals surface area contributed by atoms with Crippen LogP contribution < -0.4 is 10.6 Å². The van der Waals surface area contributed by atoms with E-state index in [1.165, 1.54) is 24.9 Å². The van der Waals surface area contributed by atoms with E-state index in [1.807, 2.05) is 36.6 Å². The fourth-order valence-corrected chi connectivity index (χ4v) is 3.32. The number of amides is 2.